The molecular weight excluding hydrogens is 282 g/mol. The number of hydrogen-bond donors (Lipinski definition) is 0. The molecule has 1 fully saturated rings. The SMILES string of the molecule is Cc1cc(CN2CCN(C(=O)c3cc(C)oc3C)CC2)on1. The molecule has 6 nitrogen and oxygen atoms in total. The Hall–Kier alpha value is -2.08. The van der Waals surface area contributed by atoms with Crippen molar-refractivity contribution in [2.45, 2.75) is 27.3 Å². The van der Waals surface area contributed by atoms with Crippen LogP contribution in [0.3, 0.4) is 0 Å². The molecule has 1 amide bonds. The van der Waals surface area contributed by atoms with Crippen molar-refractivity contribution in [3.8, 4) is 0 Å². The van der Waals surface area contributed by atoms with E-state index in [2.05, 4.69) is 10.1 Å². The third kappa shape index (κ3) is 3.06. The fourth-order valence-electron chi connectivity index (χ4n) is 2.83. The lowest BCUT2D eigenvalue weighted by Crippen LogP contribution is -2.48. The van der Waals surface area contributed by atoms with Crippen molar-refractivity contribution in [2.24, 2.45) is 0 Å². The van der Waals surface area contributed by atoms with Crippen LogP contribution < -0.4 is 0 Å². The Morgan fingerprint density at radius 3 is 2.45 bits per heavy atom. The second-order valence-electron chi connectivity index (χ2n) is 5.83. The van der Waals surface area contributed by atoms with E-state index in [4.69, 9.17) is 8.94 Å². The summed E-state index contributed by atoms with van der Waals surface area (Å²) in [5.41, 5.74) is 1.58. The second-order valence-corrected chi connectivity index (χ2v) is 5.83. The standard InChI is InChI=1S/C16H21N3O3/c1-11-8-14(22-17-11)10-18-4-6-19(7-5-18)16(20)15-9-12(2)21-13(15)3/h8-9H,4-7,10H2,1-3H3. The zero-order chi connectivity index (χ0) is 15.7. The summed E-state index contributed by atoms with van der Waals surface area (Å²) >= 11 is 0. The molecule has 3 heterocycles. The highest BCUT2D eigenvalue weighted by Crippen LogP contribution is 2.17. The van der Waals surface area contributed by atoms with Gasteiger partial charge in [0.15, 0.2) is 5.76 Å². The summed E-state index contributed by atoms with van der Waals surface area (Å²) in [4.78, 5) is 16.7. The average molecular weight is 303 g/mol. The molecule has 1 saturated heterocycles. The number of piperazine rings is 1. The van der Waals surface area contributed by atoms with Gasteiger partial charge in [-0.2, -0.15) is 0 Å². The van der Waals surface area contributed by atoms with Crippen LogP contribution in [0.25, 0.3) is 0 Å². The van der Waals surface area contributed by atoms with Crippen molar-refractivity contribution in [1.29, 1.82) is 0 Å². The van der Waals surface area contributed by atoms with Gasteiger partial charge in [0, 0.05) is 32.2 Å². The van der Waals surface area contributed by atoms with Gasteiger partial charge in [0.25, 0.3) is 5.91 Å². The van der Waals surface area contributed by atoms with Crippen LogP contribution in [-0.4, -0.2) is 47.0 Å². The Morgan fingerprint density at radius 1 is 1.18 bits per heavy atom. The molecule has 2 aromatic heterocycles. The van der Waals surface area contributed by atoms with Crippen LogP contribution in [-0.2, 0) is 6.54 Å². The van der Waals surface area contributed by atoms with Gasteiger partial charge in [0.05, 0.1) is 17.8 Å². The van der Waals surface area contributed by atoms with Crippen molar-refractivity contribution in [3.63, 3.8) is 0 Å². The van der Waals surface area contributed by atoms with Crippen LogP contribution >= 0.6 is 0 Å². The third-order valence-electron chi connectivity index (χ3n) is 3.99. The fourth-order valence-corrected chi connectivity index (χ4v) is 2.83. The minimum atomic E-state index is 0.0597. The Labute approximate surface area is 129 Å². The van der Waals surface area contributed by atoms with Crippen molar-refractivity contribution in [3.05, 3.63) is 40.7 Å². The highest BCUT2D eigenvalue weighted by atomic mass is 16.5. The fraction of sp³-hybridized carbons (Fsp3) is 0.500. The summed E-state index contributed by atoms with van der Waals surface area (Å²) in [5, 5.41) is 3.90. The molecule has 0 aliphatic carbocycles. The summed E-state index contributed by atoms with van der Waals surface area (Å²) in [6.07, 6.45) is 0. The number of aryl methyl sites for hydroxylation is 3. The predicted molar refractivity (Wildman–Crippen MR) is 80.6 cm³/mol. The molecule has 0 radical (unpaired) electrons. The van der Waals surface area contributed by atoms with Crippen LogP contribution in [0.4, 0.5) is 0 Å². The highest BCUT2D eigenvalue weighted by Gasteiger charge is 2.25. The van der Waals surface area contributed by atoms with Crippen LogP contribution in [0, 0.1) is 20.8 Å². The molecule has 0 aromatic carbocycles. The highest BCUT2D eigenvalue weighted by molar-refractivity contribution is 5.95. The molecule has 0 saturated carbocycles. The third-order valence-corrected chi connectivity index (χ3v) is 3.99. The molecule has 0 spiro atoms. The molecule has 0 N–H and O–H groups in total. The van der Waals surface area contributed by atoms with Gasteiger partial charge in [0.1, 0.15) is 11.5 Å². The molecule has 118 valence electrons. The Morgan fingerprint density at radius 2 is 1.91 bits per heavy atom. The normalized spacial score (nSPS) is 16.2. The molecule has 0 atom stereocenters. The number of furan rings is 1. The summed E-state index contributed by atoms with van der Waals surface area (Å²) in [7, 11) is 0. The van der Waals surface area contributed by atoms with Gasteiger partial charge < -0.3 is 13.8 Å². The van der Waals surface area contributed by atoms with E-state index in [-0.39, 0.29) is 5.91 Å². The van der Waals surface area contributed by atoms with Crippen LogP contribution in [0.5, 0.6) is 0 Å². The first-order chi connectivity index (χ1) is 10.5. The Kier molecular flexibility index (Phi) is 4.02. The molecular formula is C16H21N3O3. The minimum Gasteiger partial charge on any atom is -0.466 e. The van der Waals surface area contributed by atoms with Crippen molar-refractivity contribution in [2.75, 3.05) is 26.2 Å². The largest absolute Gasteiger partial charge is 0.466 e. The molecule has 6 heteroatoms. The lowest BCUT2D eigenvalue weighted by molar-refractivity contribution is 0.0616. The average Bonchev–Trinajstić information content (AvgIpc) is 3.04. The summed E-state index contributed by atoms with van der Waals surface area (Å²) in [6, 6.07) is 3.77. The molecule has 22 heavy (non-hydrogen) atoms. The first kappa shape index (κ1) is 14.8. The minimum absolute atomic E-state index is 0.0597. The van der Waals surface area contributed by atoms with Gasteiger partial charge in [-0.15, -0.1) is 0 Å². The summed E-state index contributed by atoms with van der Waals surface area (Å²) in [6.45, 7) is 9.46. The van der Waals surface area contributed by atoms with Gasteiger partial charge >= 0.3 is 0 Å². The van der Waals surface area contributed by atoms with Crippen molar-refractivity contribution < 1.29 is 13.7 Å². The molecule has 3 rings (SSSR count). The van der Waals surface area contributed by atoms with Gasteiger partial charge in [-0.05, 0) is 26.8 Å². The smallest absolute Gasteiger partial charge is 0.257 e. The van der Waals surface area contributed by atoms with Gasteiger partial charge in [-0.1, -0.05) is 5.16 Å². The number of hydrogen-bond acceptors (Lipinski definition) is 5. The Bertz CT molecular complexity index is 666. The maximum absolute atomic E-state index is 12.5. The molecule has 0 unspecified atom stereocenters. The number of rotatable bonds is 3. The van der Waals surface area contributed by atoms with E-state index in [0.717, 1.165) is 49.9 Å². The second kappa shape index (κ2) is 5.96. The quantitative estimate of drug-likeness (QED) is 0.869. The molecule has 1 aliphatic heterocycles. The monoisotopic (exact) mass is 303 g/mol. The van der Waals surface area contributed by atoms with E-state index < -0.39 is 0 Å². The van der Waals surface area contributed by atoms with Crippen LogP contribution in [0.1, 0.15) is 33.3 Å². The number of carbonyl (C=O) groups is 1. The maximum Gasteiger partial charge on any atom is 0.257 e. The first-order valence-corrected chi connectivity index (χ1v) is 7.54. The lowest BCUT2D eigenvalue weighted by atomic mass is 10.2. The molecule has 2 aromatic rings. The van der Waals surface area contributed by atoms with E-state index in [1.807, 2.05) is 37.8 Å². The van der Waals surface area contributed by atoms with Crippen LogP contribution in [0.2, 0.25) is 0 Å². The molecule has 0 bridgehead atoms. The molecule has 1 aliphatic rings. The number of carbonyl (C=O) groups excluding carboxylic acids is 1. The van der Waals surface area contributed by atoms with Gasteiger partial charge in [-0.25, -0.2) is 0 Å². The van der Waals surface area contributed by atoms with E-state index in [1.165, 1.54) is 0 Å². The van der Waals surface area contributed by atoms with Crippen molar-refractivity contribution >= 4 is 5.91 Å². The number of nitrogens with zero attached hydrogens (tertiary/aromatic N) is 3. The first-order valence-electron chi connectivity index (χ1n) is 7.54. The maximum atomic E-state index is 12.5. The van der Waals surface area contributed by atoms with Gasteiger partial charge in [0.2, 0.25) is 0 Å². The predicted octanol–water partition coefficient (Wildman–Crippen LogP) is 2.15. The van der Waals surface area contributed by atoms with E-state index in [9.17, 15) is 4.79 Å². The number of amides is 1. The zero-order valence-electron chi connectivity index (χ0n) is 13.3. The zero-order valence-corrected chi connectivity index (χ0v) is 13.3. The van der Waals surface area contributed by atoms with Crippen LogP contribution in [0.15, 0.2) is 21.1 Å². The topological polar surface area (TPSA) is 62.7 Å². The summed E-state index contributed by atoms with van der Waals surface area (Å²) in [5.74, 6) is 2.41. The summed E-state index contributed by atoms with van der Waals surface area (Å²) < 4.78 is 10.7. The van der Waals surface area contributed by atoms with Crippen molar-refractivity contribution in [1.82, 2.24) is 15.0 Å². The van der Waals surface area contributed by atoms with E-state index in [0.29, 0.717) is 11.3 Å². The number of aromatic nitrogens is 1. The Balaban J connectivity index is 1.57. The van der Waals surface area contributed by atoms with E-state index in [1.54, 1.807) is 0 Å². The lowest BCUT2D eigenvalue weighted by Gasteiger charge is -2.34. The van der Waals surface area contributed by atoms with Gasteiger partial charge in [-0.3, -0.25) is 9.69 Å². The van der Waals surface area contributed by atoms with E-state index >= 15 is 0 Å².